The van der Waals surface area contributed by atoms with Gasteiger partial charge in [-0.05, 0) is 37.5 Å². The van der Waals surface area contributed by atoms with E-state index >= 15 is 0 Å². The summed E-state index contributed by atoms with van der Waals surface area (Å²) in [6.07, 6.45) is 3.77. The van der Waals surface area contributed by atoms with Crippen LogP contribution in [0.4, 0.5) is 0 Å². The van der Waals surface area contributed by atoms with Crippen molar-refractivity contribution < 1.29 is 5.11 Å². The molecule has 3 rings (SSSR count). The largest absolute Gasteiger partial charge is 0.393 e. The van der Waals surface area contributed by atoms with Gasteiger partial charge in [-0.3, -0.25) is 0 Å². The summed E-state index contributed by atoms with van der Waals surface area (Å²) in [5, 5.41) is 9.68. The molecule has 2 bridgehead atoms. The molecule has 3 aliphatic rings. The molecular weight excluding hydrogens is 136 g/mol. The molecule has 0 aromatic heterocycles. The van der Waals surface area contributed by atoms with Crippen LogP contribution in [0, 0.1) is 16.7 Å². The number of aliphatic hydroxyl groups is 1. The van der Waals surface area contributed by atoms with Gasteiger partial charge in [0.25, 0.3) is 0 Å². The van der Waals surface area contributed by atoms with Crippen LogP contribution in [-0.2, 0) is 0 Å². The highest BCUT2D eigenvalue weighted by molar-refractivity contribution is 5.15. The minimum absolute atomic E-state index is 0.101. The van der Waals surface area contributed by atoms with Gasteiger partial charge in [-0.15, -0.1) is 0 Å². The van der Waals surface area contributed by atoms with E-state index < -0.39 is 0 Å². The monoisotopic (exact) mass is 154 g/mol. The molecular formula is C10H18O. The molecule has 0 radical (unpaired) electrons. The molecule has 0 heterocycles. The van der Waals surface area contributed by atoms with E-state index in [0.717, 1.165) is 5.92 Å². The summed E-state index contributed by atoms with van der Waals surface area (Å²) >= 11 is 0. The Balaban J connectivity index is 2.29. The lowest BCUT2D eigenvalue weighted by molar-refractivity contribution is -0.130. The van der Waals surface area contributed by atoms with Gasteiger partial charge in [0.05, 0.1) is 6.10 Å². The standard InChI is InChI=1S/C10H18O/c1-7(11)10-5-4-8(6-10)9(10,2)3/h7-8,11H,4-6H2,1-3H3/t7-,8+,10-/m1/s1. The molecule has 3 saturated carbocycles. The smallest absolute Gasteiger partial charge is 0.0573 e. The van der Waals surface area contributed by atoms with Crippen LogP contribution in [-0.4, -0.2) is 11.2 Å². The van der Waals surface area contributed by atoms with Gasteiger partial charge < -0.3 is 5.11 Å². The summed E-state index contributed by atoms with van der Waals surface area (Å²) in [6.45, 7) is 6.60. The molecule has 3 aliphatic carbocycles. The first-order valence-corrected chi connectivity index (χ1v) is 4.69. The molecule has 3 fully saturated rings. The first-order chi connectivity index (χ1) is 5.01. The van der Waals surface area contributed by atoms with Crippen LogP contribution < -0.4 is 0 Å². The molecule has 0 saturated heterocycles. The first kappa shape index (κ1) is 7.60. The first-order valence-electron chi connectivity index (χ1n) is 4.69. The lowest BCUT2D eigenvalue weighted by atomic mass is 9.49. The molecule has 0 spiro atoms. The highest BCUT2D eigenvalue weighted by Crippen LogP contribution is 2.71. The molecule has 0 unspecified atom stereocenters. The van der Waals surface area contributed by atoms with E-state index in [1.165, 1.54) is 19.3 Å². The van der Waals surface area contributed by atoms with Gasteiger partial charge in [-0.1, -0.05) is 13.8 Å². The highest BCUT2D eigenvalue weighted by Gasteiger charge is 2.66. The maximum Gasteiger partial charge on any atom is 0.0573 e. The Morgan fingerprint density at radius 2 is 2.09 bits per heavy atom. The fourth-order valence-corrected chi connectivity index (χ4v) is 3.47. The molecule has 0 amide bonds. The molecule has 64 valence electrons. The number of hydrogen-bond acceptors (Lipinski definition) is 1. The molecule has 1 nitrogen and oxygen atoms in total. The summed E-state index contributed by atoms with van der Waals surface area (Å²) in [4.78, 5) is 0. The van der Waals surface area contributed by atoms with Crippen molar-refractivity contribution in [1.82, 2.24) is 0 Å². The Morgan fingerprint density at radius 1 is 1.45 bits per heavy atom. The van der Waals surface area contributed by atoms with Crippen LogP contribution in [0.2, 0.25) is 0 Å². The zero-order valence-corrected chi connectivity index (χ0v) is 7.72. The van der Waals surface area contributed by atoms with Crippen LogP contribution in [0.1, 0.15) is 40.0 Å². The van der Waals surface area contributed by atoms with Gasteiger partial charge in [0.2, 0.25) is 0 Å². The number of rotatable bonds is 1. The predicted molar refractivity (Wildman–Crippen MR) is 45.2 cm³/mol. The van der Waals surface area contributed by atoms with Crippen molar-refractivity contribution in [3.8, 4) is 0 Å². The average Bonchev–Trinajstić information content (AvgIpc) is 2.40. The Hall–Kier alpha value is -0.0400. The van der Waals surface area contributed by atoms with Crippen molar-refractivity contribution in [2.75, 3.05) is 0 Å². The van der Waals surface area contributed by atoms with E-state index in [1.807, 2.05) is 6.92 Å². The summed E-state index contributed by atoms with van der Waals surface area (Å²) in [5.74, 6) is 0.900. The Bertz CT molecular complexity index is 179. The van der Waals surface area contributed by atoms with Crippen LogP contribution in [0.25, 0.3) is 0 Å². The molecule has 11 heavy (non-hydrogen) atoms. The van der Waals surface area contributed by atoms with Crippen LogP contribution in [0.5, 0.6) is 0 Å². The molecule has 1 heteroatoms. The van der Waals surface area contributed by atoms with E-state index in [-0.39, 0.29) is 11.5 Å². The van der Waals surface area contributed by atoms with E-state index in [1.54, 1.807) is 0 Å². The van der Waals surface area contributed by atoms with Crippen molar-refractivity contribution in [3.05, 3.63) is 0 Å². The van der Waals surface area contributed by atoms with E-state index in [4.69, 9.17) is 0 Å². The van der Waals surface area contributed by atoms with Gasteiger partial charge in [-0.2, -0.15) is 0 Å². The zero-order valence-electron chi connectivity index (χ0n) is 7.72. The highest BCUT2D eigenvalue weighted by atomic mass is 16.3. The molecule has 0 aromatic carbocycles. The number of fused-ring (bicyclic) bond motifs is 1. The summed E-state index contributed by atoms with van der Waals surface area (Å²) in [6, 6.07) is 0. The maximum absolute atomic E-state index is 9.68. The second-order valence-electron chi connectivity index (χ2n) is 4.99. The minimum atomic E-state index is -0.101. The molecule has 3 atom stereocenters. The van der Waals surface area contributed by atoms with E-state index in [9.17, 15) is 5.11 Å². The van der Waals surface area contributed by atoms with Crippen LogP contribution >= 0.6 is 0 Å². The molecule has 0 aromatic rings. The normalized spacial score (nSPS) is 48.5. The van der Waals surface area contributed by atoms with Crippen molar-refractivity contribution in [2.24, 2.45) is 16.7 Å². The third-order valence-corrected chi connectivity index (χ3v) is 4.65. The van der Waals surface area contributed by atoms with Gasteiger partial charge in [0.15, 0.2) is 0 Å². The van der Waals surface area contributed by atoms with Crippen LogP contribution in [0.15, 0.2) is 0 Å². The molecule has 0 aliphatic heterocycles. The Kier molecular flexibility index (Phi) is 1.26. The fraction of sp³-hybridized carbons (Fsp3) is 1.00. The summed E-state index contributed by atoms with van der Waals surface area (Å²) < 4.78 is 0. The molecule has 1 N–H and O–H groups in total. The lowest BCUT2D eigenvalue weighted by Gasteiger charge is -2.56. The fourth-order valence-electron chi connectivity index (χ4n) is 3.47. The number of hydrogen-bond donors (Lipinski definition) is 1. The zero-order chi connectivity index (χ0) is 8.28. The van der Waals surface area contributed by atoms with Gasteiger partial charge in [0, 0.05) is 5.41 Å². The van der Waals surface area contributed by atoms with Crippen molar-refractivity contribution >= 4 is 0 Å². The van der Waals surface area contributed by atoms with E-state index in [0.29, 0.717) is 5.41 Å². The average molecular weight is 154 g/mol. The predicted octanol–water partition coefficient (Wildman–Crippen LogP) is 2.19. The van der Waals surface area contributed by atoms with Crippen LogP contribution in [0.3, 0.4) is 0 Å². The minimum Gasteiger partial charge on any atom is -0.393 e. The summed E-state index contributed by atoms with van der Waals surface area (Å²) in [5.41, 5.74) is 0.707. The van der Waals surface area contributed by atoms with Gasteiger partial charge >= 0.3 is 0 Å². The number of aliphatic hydroxyl groups excluding tert-OH is 1. The van der Waals surface area contributed by atoms with Crippen molar-refractivity contribution in [3.63, 3.8) is 0 Å². The Labute approximate surface area is 68.8 Å². The maximum atomic E-state index is 9.68. The van der Waals surface area contributed by atoms with Gasteiger partial charge in [-0.25, -0.2) is 0 Å². The second kappa shape index (κ2) is 1.82. The quantitative estimate of drug-likeness (QED) is 0.614. The lowest BCUT2D eigenvalue weighted by Crippen LogP contribution is -2.53. The van der Waals surface area contributed by atoms with Crippen molar-refractivity contribution in [2.45, 2.75) is 46.1 Å². The topological polar surface area (TPSA) is 20.2 Å². The Morgan fingerprint density at radius 3 is 2.27 bits per heavy atom. The summed E-state index contributed by atoms with van der Waals surface area (Å²) in [7, 11) is 0. The third-order valence-electron chi connectivity index (χ3n) is 4.65. The van der Waals surface area contributed by atoms with Gasteiger partial charge in [0.1, 0.15) is 0 Å². The van der Waals surface area contributed by atoms with Crippen molar-refractivity contribution in [1.29, 1.82) is 0 Å². The SMILES string of the molecule is C[C@@H](O)[C@@]12CC[C@@H](C1)C2(C)C. The third kappa shape index (κ3) is 0.618. The van der Waals surface area contributed by atoms with E-state index in [2.05, 4.69) is 13.8 Å². The second-order valence-corrected chi connectivity index (χ2v) is 4.99.